The number of para-hydroxylation sites is 1. The topological polar surface area (TPSA) is 102 Å². The van der Waals surface area contributed by atoms with E-state index in [1.54, 1.807) is 67.7 Å². The van der Waals surface area contributed by atoms with Gasteiger partial charge in [-0.05, 0) is 48.9 Å². The lowest BCUT2D eigenvalue weighted by Crippen LogP contribution is -2.40. The van der Waals surface area contributed by atoms with Crippen molar-refractivity contribution in [2.24, 2.45) is 0 Å². The van der Waals surface area contributed by atoms with E-state index in [-0.39, 0.29) is 24.8 Å². The molecule has 1 aromatic heterocycles. The molecule has 2 N–H and O–H groups in total. The number of carbonyl (C=O) groups excluding carboxylic acids is 2. The summed E-state index contributed by atoms with van der Waals surface area (Å²) >= 11 is 0. The highest BCUT2D eigenvalue weighted by Gasteiger charge is 2.17. The summed E-state index contributed by atoms with van der Waals surface area (Å²) in [6.07, 6.45) is 0.187. The van der Waals surface area contributed by atoms with Gasteiger partial charge in [-0.15, -0.1) is 0 Å². The van der Waals surface area contributed by atoms with Gasteiger partial charge in [0.25, 0.3) is 5.56 Å². The van der Waals surface area contributed by atoms with Gasteiger partial charge in [0.2, 0.25) is 11.8 Å². The number of fused-ring (bicyclic) bond motifs is 1. The van der Waals surface area contributed by atoms with E-state index in [9.17, 15) is 19.2 Å². The summed E-state index contributed by atoms with van der Waals surface area (Å²) in [6, 6.07) is 20.7. The summed E-state index contributed by atoms with van der Waals surface area (Å²) in [5.74, 6) is -0.528. The Morgan fingerprint density at radius 1 is 0.853 bits per heavy atom. The highest BCUT2D eigenvalue weighted by Crippen LogP contribution is 2.13. The van der Waals surface area contributed by atoms with Gasteiger partial charge in [0.05, 0.1) is 23.0 Å². The molecule has 0 spiro atoms. The zero-order valence-corrected chi connectivity index (χ0v) is 18.9. The molecule has 0 aliphatic rings. The number of aromatic nitrogens is 2. The molecule has 2 amide bonds. The molecule has 8 heteroatoms. The second-order valence-electron chi connectivity index (χ2n) is 7.96. The van der Waals surface area contributed by atoms with Gasteiger partial charge in [-0.1, -0.05) is 42.0 Å². The lowest BCUT2D eigenvalue weighted by molar-refractivity contribution is -0.120. The van der Waals surface area contributed by atoms with Crippen LogP contribution in [-0.2, 0) is 22.6 Å². The van der Waals surface area contributed by atoms with Crippen LogP contribution in [0.25, 0.3) is 16.6 Å². The van der Waals surface area contributed by atoms with Crippen LogP contribution >= 0.6 is 0 Å². The van der Waals surface area contributed by atoms with E-state index >= 15 is 0 Å². The Labute approximate surface area is 195 Å². The minimum atomic E-state index is -0.623. The van der Waals surface area contributed by atoms with Gasteiger partial charge in [-0.2, -0.15) is 0 Å². The quantitative estimate of drug-likeness (QED) is 0.465. The predicted octanol–water partition coefficient (Wildman–Crippen LogP) is 2.39. The molecule has 0 aliphatic heterocycles. The van der Waals surface area contributed by atoms with Crippen LogP contribution in [0.4, 0.5) is 5.69 Å². The van der Waals surface area contributed by atoms with Gasteiger partial charge in [0.1, 0.15) is 6.54 Å². The van der Waals surface area contributed by atoms with Gasteiger partial charge in [-0.25, -0.2) is 9.36 Å². The average Bonchev–Trinajstić information content (AvgIpc) is 2.84. The summed E-state index contributed by atoms with van der Waals surface area (Å²) in [6.45, 7) is 1.69. The van der Waals surface area contributed by atoms with E-state index in [4.69, 9.17) is 0 Å². The molecule has 34 heavy (non-hydrogen) atoms. The van der Waals surface area contributed by atoms with Gasteiger partial charge >= 0.3 is 5.69 Å². The maximum atomic E-state index is 13.4. The minimum absolute atomic E-state index is 0.141. The van der Waals surface area contributed by atoms with E-state index in [1.165, 1.54) is 4.57 Å². The van der Waals surface area contributed by atoms with Crippen molar-refractivity contribution in [2.45, 2.75) is 19.9 Å². The fourth-order valence-electron chi connectivity index (χ4n) is 3.72. The fraction of sp³-hybridized carbons (Fsp3) is 0.154. The van der Waals surface area contributed by atoms with Crippen LogP contribution in [0.1, 0.15) is 11.1 Å². The van der Waals surface area contributed by atoms with Crippen LogP contribution in [0.3, 0.4) is 0 Å². The summed E-state index contributed by atoms with van der Waals surface area (Å²) in [4.78, 5) is 51.0. The smallest absolute Gasteiger partial charge is 0.336 e. The third kappa shape index (κ3) is 4.66. The van der Waals surface area contributed by atoms with Gasteiger partial charge in [-0.3, -0.25) is 19.0 Å². The lowest BCUT2D eigenvalue weighted by atomic mass is 10.1. The first kappa shape index (κ1) is 22.7. The van der Waals surface area contributed by atoms with Crippen molar-refractivity contribution in [3.63, 3.8) is 0 Å². The van der Waals surface area contributed by atoms with Crippen LogP contribution in [0.15, 0.2) is 82.4 Å². The molecular formula is C26H24N4O4. The first-order valence-corrected chi connectivity index (χ1v) is 10.8. The molecule has 0 atom stereocenters. The van der Waals surface area contributed by atoms with E-state index in [1.807, 2.05) is 19.1 Å². The molecule has 0 saturated carbocycles. The Balaban J connectivity index is 1.75. The molecule has 1 heterocycles. The molecule has 0 bridgehead atoms. The number of nitrogens with one attached hydrogen (secondary N) is 2. The summed E-state index contributed by atoms with van der Waals surface area (Å²) in [5.41, 5.74) is 2.06. The highest BCUT2D eigenvalue weighted by molar-refractivity contribution is 5.91. The largest absolute Gasteiger partial charge is 0.359 e. The second kappa shape index (κ2) is 9.58. The number of hydrogen-bond acceptors (Lipinski definition) is 4. The Morgan fingerprint density at radius 2 is 1.53 bits per heavy atom. The fourth-order valence-corrected chi connectivity index (χ4v) is 3.72. The molecule has 4 aromatic rings. The molecular weight excluding hydrogens is 432 g/mol. The predicted molar refractivity (Wildman–Crippen MR) is 131 cm³/mol. The van der Waals surface area contributed by atoms with Crippen molar-refractivity contribution in [1.29, 1.82) is 0 Å². The van der Waals surface area contributed by atoms with Crippen LogP contribution in [0.2, 0.25) is 0 Å². The standard InChI is InChI=1S/C26H24N4O4/c1-17-7-11-19(12-8-17)28-24(32)16-29-22-6-4-3-5-21(22)25(33)30(26(29)34)20-13-9-18(10-14-20)15-23(31)27-2/h3-14H,15-16H2,1-2H3,(H,27,31)(H,28,32). The van der Waals surface area contributed by atoms with E-state index in [2.05, 4.69) is 10.6 Å². The van der Waals surface area contributed by atoms with Crippen LogP contribution in [0.5, 0.6) is 0 Å². The zero-order valence-electron chi connectivity index (χ0n) is 18.9. The number of hydrogen-bond donors (Lipinski definition) is 2. The zero-order chi connectivity index (χ0) is 24.2. The number of aryl methyl sites for hydroxylation is 1. The maximum Gasteiger partial charge on any atom is 0.336 e. The normalized spacial score (nSPS) is 10.8. The summed E-state index contributed by atoms with van der Waals surface area (Å²) in [5, 5.41) is 5.67. The average molecular weight is 457 g/mol. The van der Waals surface area contributed by atoms with Crippen molar-refractivity contribution < 1.29 is 9.59 Å². The molecule has 0 radical (unpaired) electrons. The van der Waals surface area contributed by atoms with Crippen molar-refractivity contribution in [3.05, 3.63) is 105 Å². The number of anilines is 1. The molecule has 0 fully saturated rings. The van der Waals surface area contributed by atoms with Crippen molar-refractivity contribution in [1.82, 2.24) is 14.5 Å². The Kier molecular flexibility index (Phi) is 6.40. The van der Waals surface area contributed by atoms with Gasteiger partial charge in [0, 0.05) is 12.7 Å². The van der Waals surface area contributed by atoms with Crippen LogP contribution in [-0.4, -0.2) is 28.0 Å². The Morgan fingerprint density at radius 3 is 2.21 bits per heavy atom. The molecule has 4 rings (SSSR count). The third-order valence-corrected chi connectivity index (χ3v) is 5.53. The number of carbonyl (C=O) groups is 2. The van der Waals surface area contributed by atoms with Crippen molar-refractivity contribution in [2.75, 3.05) is 12.4 Å². The minimum Gasteiger partial charge on any atom is -0.359 e. The molecule has 0 saturated heterocycles. The SMILES string of the molecule is CNC(=O)Cc1ccc(-n2c(=O)c3ccccc3n(CC(=O)Nc3ccc(C)cc3)c2=O)cc1. The molecule has 0 aliphatic carbocycles. The monoisotopic (exact) mass is 456 g/mol. The lowest BCUT2D eigenvalue weighted by Gasteiger charge is -2.14. The molecule has 8 nitrogen and oxygen atoms in total. The van der Waals surface area contributed by atoms with Gasteiger partial charge in [0.15, 0.2) is 0 Å². The maximum absolute atomic E-state index is 13.4. The van der Waals surface area contributed by atoms with E-state index < -0.39 is 11.2 Å². The van der Waals surface area contributed by atoms with E-state index in [0.717, 1.165) is 15.7 Å². The second-order valence-corrected chi connectivity index (χ2v) is 7.96. The van der Waals surface area contributed by atoms with Crippen LogP contribution < -0.4 is 21.9 Å². The molecule has 0 unspecified atom stereocenters. The Bertz CT molecular complexity index is 1480. The van der Waals surface area contributed by atoms with E-state index in [0.29, 0.717) is 22.3 Å². The van der Waals surface area contributed by atoms with Crippen molar-refractivity contribution in [3.8, 4) is 5.69 Å². The first-order chi connectivity index (χ1) is 16.4. The number of benzene rings is 3. The van der Waals surface area contributed by atoms with Gasteiger partial charge < -0.3 is 10.6 Å². The molecule has 3 aromatic carbocycles. The number of amides is 2. The highest BCUT2D eigenvalue weighted by atomic mass is 16.2. The van der Waals surface area contributed by atoms with Crippen LogP contribution in [0, 0.1) is 6.92 Å². The van der Waals surface area contributed by atoms with Crippen molar-refractivity contribution >= 4 is 28.4 Å². The number of nitrogens with zero attached hydrogens (tertiary/aromatic N) is 2. The first-order valence-electron chi connectivity index (χ1n) is 10.8. The number of rotatable bonds is 6. The molecule has 172 valence electrons. The summed E-state index contributed by atoms with van der Waals surface area (Å²) in [7, 11) is 1.56. The third-order valence-electron chi connectivity index (χ3n) is 5.53. The Hall–Kier alpha value is -4.46. The summed E-state index contributed by atoms with van der Waals surface area (Å²) < 4.78 is 2.34. The number of likely N-dealkylation sites (N-methyl/N-ethyl adjacent to an activating group) is 1.